The molecule has 0 radical (unpaired) electrons. The number of hydrogen-bond donors (Lipinski definition) is 1. The predicted octanol–water partition coefficient (Wildman–Crippen LogP) is 2.20. The molecule has 0 aromatic carbocycles. The zero-order valence-corrected chi connectivity index (χ0v) is 8.07. The number of rotatable bonds is 3. The van der Waals surface area contributed by atoms with Crippen LogP contribution < -0.4 is 5.32 Å². The molecule has 0 saturated heterocycles. The molecule has 0 aromatic rings. The molecule has 1 aliphatic rings. The van der Waals surface area contributed by atoms with E-state index >= 15 is 0 Å². The van der Waals surface area contributed by atoms with Gasteiger partial charge in [-0.15, -0.1) is 0 Å². The normalized spacial score (nSPS) is 23.3. The average molecular weight is 153 g/mol. The van der Waals surface area contributed by atoms with Crippen LogP contribution in [0.15, 0.2) is 11.6 Å². The van der Waals surface area contributed by atoms with Crippen LogP contribution in [-0.2, 0) is 0 Å². The van der Waals surface area contributed by atoms with Crippen molar-refractivity contribution in [1.29, 1.82) is 0 Å². The molecule has 1 atom stereocenters. The summed E-state index contributed by atoms with van der Waals surface area (Å²) in [4.78, 5) is 0. The number of hydrogen-bond acceptors (Lipinski definition) is 1. The Morgan fingerprint density at radius 1 is 1.45 bits per heavy atom. The molecule has 0 aromatic heterocycles. The van der Waals surface area contributed by atoms with Crippen molar-refractivity contribution < 1.29 is 0 Å². The van der Waals surface area contributed by atoms with E-state index in [-0.39, 0.29) is 0 Å². The van der Waals surface area contributed by atoms with E-state index in [1.165, 1.54) is 6.42 Å². The first kappa shape index (κ1) is 8.79. The maximum Gasteiger partial charge on any atom is 0.0105 e. The lowest BCUT2D eigenvalue weighted by molar-refractivity contribution is 0.408. The van der Waals surface area contributed by atoms with Gasteiger partial charge in [-0.25, -0.2) is 0 Å². The highest BCUT2D eigenvalue weighted by Gasteiger charge is 2.27. The van der Waals surface area contributed by atoms with Gasteiger partial charge in [0.2, 0.25) is 0 Å². The van der Waals surface area contributed by atoms with Crippen molar-refractivity contribution in [3.63, 3.8) is 0 Å². The molecule has 0 bridgehead atoms. The van der Waals surface area contributed by atoms with Gasteiger partial charge in [0.25, 0.3) is 0 Å². The topological polar surface area (TPSA) is 12.0 Å². The van der Waals surface area contributed by atoms with E-state index in [0.29, 0.717) is 5.41 Å². The summed E-state index contributed by atoms with van der Waals surface area (Å²) in [5.41, 5.74) is 2.11. The van der Waals surface area contributed by atoms with Gasteiger partial charge in [-0.05, 0) is 18.9 Å². The Hall–Kier alpha value is -0.300. The zero-order valence-electron chi connectivity index (χ0n) is 8.07. The summed E-state index contributed by atoms with van der Waals surface area (Å²) in [6.45, 7) is 8.01. The van der Waals surface area contributed by atoms with E-state index in [0.717, 1.165) is 12.5 Å². The molecular formula is C10H19N. The molecule has 0 fully saturated rings. The molecule has 11 heavy (non-hydrogen) atoms. The van der Waals surface area contributed by atoms with Gasteiger partial charge in [-0.2, -0.15) is 0 Å². The van der Waals surface area contributed by atoms with Gasteiger partial charge < -0.3 is 5.32 Å². The first-order chi connectivity index (χ1) is 5.03. The third-order valence-corrected chi connectivity index (χ3v) is 1.94. The standard InChI is InChI=1S/C10H19N/c1-10(2,3)6-8-5-9(8)7-11-4/h5,9,11H,6-7H2,1-4H3. The summed E-state index contributed by atoms with van der Waals surface area (Å²) in [6, 6.07) is 0. The highest BCUT2D eigenvalue weighted by atomic mass is 14.8. The largest absolute Gasteiger partial charge is 0.319 e. The molecule has 1 heteroatoms. The van der Waals surface area contributed by atoms with Crippen LogP contribution in [0.25, 0.3) is 0 Å². The van der Waals surface area contributed by atoms with Gasteiger partial charge in [0.1, 0.15) is 0 Å². The Morgan fingerprint density at radius 2 is 2.09 bits per heavy atom. The molecule has 1 N–H and O–H groups in total. The van der Waals surface area contributed by atoms with E-state index < -0.39 is 0 Å². The van der Waals surface area contributed by atoms with E-state index in [4.69, 9.17) is 0 Å². The van der Waals surface area contributed by atoms with Crippen molar-refractivity contribution in [1.82, 2.24) is 5.32 Å². The minimum Gasteiger partial charge on any atom is -0.319 e. The first-order valence-corrected chi connectivity index (χ1v) is 4.38. The van der Waals surface area contributed by atoms with Crippen LogP contribution in [0.4, 0.5) is 0 Å². The molecular weight excluding hydrogens is 134 g/mol. The van der Waals surface area contributed by atoms with E-state index in [9.17, 15) is 0 Å². The lowest BCUT2D eigenvalue weighted by Crippen LogP contribution is -2.12. The summed E-state index contributed by atoms with van der Waals surface area (Å²) >= 11 is 0. The molecule has 64 valence electrons. The summed E-state index contributed by atoms with van der Waals surface area (Å²) in [5.74, 6) is 0.777. The SMILES string of the molecule is CNCC1C=C1CC(C)(C)C. The molecule has 0 spiro atoms. The second-order valence-electron chi connectivity index (χ2n) is 4.64. The Bertz CT molecular complexity index is 162. The fourth-order valence-corrected chi connectivity index (χ4v) is 1.42. The van der Waals surface area contributed by atoms with Crippen molar-refractivity contribution in [2.45, 2.75) is 27.2 Å². The summed E-state index contributed by atoms with van der Waals surface area (Å²) in [6.07, 6.45) is 3.64. The minimum absolute atomic E-state index is 0.467. The maximum absolute atomic E-state index is 3.19. The second-order valence-corrected chi connectivity index (χ2v) is 4.64. The second kappa shape index (κ2) is 2.98. The van der Waals surface area contributed by atoms with Crippen LogP contribution >= 0.6 is 0 Å². The van der Waals surface area contributed by atoms with Crippen molar-refractivity contribution in [3.8, 4) is 0 Å². The summed E-state index contributed by atoms with van der Waals surface area (Å²) in [7, 11) is 2.01. The average Bonchev–Trinajstić information content (AvgIpc) is 2.44. The molecule has 0 saturated carbocycles. The highest BCUT2D eigenvalue weighted by molar-refractivity contribution is 5.30. The van der Waals surface area contributed by atoms with Crippen molar-refractivity contribution in [2.24, 2.45) is 11.3 Å². The van der Waals surface area contributed by atoms with Crippen molar-refractivity contribution in [3.05, 3.63) is 11.6 Å². The fraction of sp³-hybridized carbons (Fsp3) is 0.800. The van der Waals surface area contributed by atoms with Gasteiger partial charge >= 0.3 is 0 Å². The Balaban J connectivity index is 2.18. The van der Waals surface area contributed by atoms with Crippen LogP contribution in [0.2, 0.25) is 0 Å². The fourth-order valence-electron chi connectivity index (χ4n) is 1.42. The van der Waals surface area contributed by atoms with Crippen LogP contribution in [0.5, 0.6) is 0 Å². The van der Waals surface area contributed by atoms with Crippen LogP contribution in [0, 0.1) is 11.3 Å². The van der Waals surface area contributed by atoms with E-state index in [1.807, 2.05) is 7.05 Å². The third kappa shape index (κ3) is 3.06. The van der Waals surface area contributed by atoms with Crippen LogP contribution in [-0.4, -0.2) is 13.6 Å². The molecule has 1 rings (SSSR count). The van der Waals surface area contributed by atoms with Gasteiger partial charge in [-0.3, -0.25) is 0 Å². The lowest BCUT2D eigenvalue weighted by Gasteiger charge is -2.16. The number of nitrogens with one attached hydrogen (secondary N) is 1. The van der Waals surface area contributed by atoms with Gasteiger partial charge in [0, 0.05) is 12.5 Å². The highest BCUT2D eigenvalue weighted by Crippen LogP contribution is 2.38. The quantitative estimate of drug-likeness (QED) is 0.613. The van der Waals surface area contributed by atoms with Gasteiger partial charge in [-0.1, -0.05) is 32.4 Å². The zero-order chi connectivity index (χ0) is 8.48. The molecule has 0 amide bonds. The smallest absolute Gasteiger partial charge is 0.0105 e. The monoisotopic (exact) mass is 153 g/mol. The predicted molar refractivity (Wildman–Crippen MR) is 49.6 cm³/mol. The molecule has 0 heterocycles. The first-order valence-electron chi connectivity index (χ1n) is 4.38. The molecule has 1 unspecified atom stereocenters. The Kier molecular flexibility index (Phi) is 2.38. The molecule has 0 aliphatic heterocycles. The minimum atomic E-state index is 0.467. The molecule has 1 nitrogen and oxygen atoms in total. The van der Waals surface area contributed by atoms with Crippen LogP contribution in [0.3, 0.4) is 0 Å². The Labute approximate surface area is 69.9 Å². The maximum atomic E-state index is 3.19. The molecule has 1 aliphatic carbocycles. The van der Waals surface area contributed by atoms with Crippen LogP contribution in [0.1, 0.15) is 27.2 Å². The Morgan fingerprint density at radius 3 is 2.55 bits per heavy atom. The van der Waals surface area contributed by atoms with Crippen molar-refractivity contribution in [2.75, 3.05) is 13.6 Å². The third-order valence-electron chi connectivity index (χ3n) is 1.94. The van der Waals surface area contributed by atoms with Gasteiger partial charge in [0.05, 0.1) is 0 Å². The van der Waals surface area contributed by atoms with E-state index in [2.05, 4.69) is 32.2 Å². The van der Waals surface area contributed by atoms with Gasteiger partial charge in [0.15, 0.2) is 0 Å². The summed E-state index contributed by atoms with van der Waals surface area (Å²) < 4.78 is 0. The van der Waals surface area contributed by atoms with E-state index in [1.54, 1.807) is 5.57 Å². The lowest BCUT2D eigenvalue weighted by atomic mass is 9.90. The van der Waals surface area contributed by atoms with Crippen molar-refractivity contribution >= 4 is 0 Å². The summed E-state index contributed by atoms with van der Waals surface area (Å²) in [5, 5.41) is 3.19.